The van der Waals surface area contributed by atoms with Crippen LogP contribution in [0.4, 0.5) is 0 Å². The molecule has 0 aromatic carbocycles. The molecule has 4 saturated heterocycles. The zero-order valence-electron chi connectivity index (χ0n) is 42.8. The minimum atomic E-state index is -1.98. The maximum atomic E-state index is 12.3. The van der Waals surface area contributed by atoms with Gasteiger partial charge in [0.25, 0.3) is 0 Å². The van der Waals surface area contributed by atoms with Crippen LogP contribution in [0.5, 0.6) is 0 Å². The van der Waals surface area contributed by atoms with Crippen molar-refractivity contribution < 1.29 is 109 Å². The smallest absolute Gasteiger partial charge is 0.335 e. The first-order valence-electron chi connectivity index (χ1n) is 26.2. The van der Waals surface area contributed by atoms with Gasteiger partial charge in [-0.2, -0.15) is 0 Å². The molecule has 22 nitrogen and oxygen atoms in total. The minimum Gasteiger partial charge on any atom is -0.479 e. The summed E-state index contributed by atoms with van der Waals surface area (Å²) in [6, 6.07) is 0. The largest absolute Gasteiger partial charge is 0.479 e. The summed E-state index contributed by atoms with van der Waals surface area (Å²) in [6.07, 6.45) is -22.3. The van der Waals surface area contributed by atoms with Gasteiger partial charge in [-0.05, 0) is 90.8 Å². The number of carboxylic acids is 1. The van der Waals surface area contributed by atoms with Gasteiger partial charge in [-0.25, -0.2) is 4.79 Å². The van der Waals surface area contributed by atoms with E-state index in [1.807, 2.05) is 20.8 Å². The fourth-order valence-corrected chi connectivity index (χ4v) is 15.9. The van der Waals surface area contributed by atoms with Crippen LogP contribution in [-0.4, -0.2) is 222 Å². The van der Waals surface area contributed by atoms with Crippen molar-refractivity contribution in [3.05, 3.63) is 11.6 Å². The van der Waals surface area contributed by atoms with Crippen molar-refractivity contribution in [2.45, 2.75) is 223 Å². The Bertz CT molecular complexity index is 2030. The highest BCUT2D eigenvalue weighted by atomic mass is 16.8. The first-order valence-corrected chi connectivity index (χ1v) is 26.2. The quantitative estimate of drug-likeness (QED) is 0.0865. The average molecular weight is 1050 g/mol. The lowest BCUT2D eigenvalue weighted by atomic mass is 9.33. The van der Waals surface area contributed by atoms with Crippen molar-refractivity contribution in [2.75, 3.05) is 26.4 Å². The van der Waals surface area contributed by atoms with Gasteiger partial charge in [0.2, 0.25) is 0 Å². The zero-order valence-corrected chi connectivity index (χ0v) is 42.8. The van der Waals surface area contributed by atoms with Crippen LogP contribution in [0.2, 0.25) is 0 Å². The SMILES string of the molecule is CC1(C)CC2C3=CCC4[C@@]5(C)CCC(O[C@@H]6O[C@H](C(=O)O)[C@@H](O)[C@@H](O)[C@H]6O[C@@H]6OC[C@H](O)[C@@H](O)[C@H]6O)[C@](C)(CO)C5CC[C@@]4(C)C3(C)CC[C@@]2(C)[C@H](O[C@@H]2OC[C@@H](O)[C@@H](O[C@@H]3OC[C@@H](O)[C@@H](O)[C@H]3O)[C@H]2O)[C@@H]1O. The highest BCUT2D eigenvalue weighted by Gasteiger charge is 2.71. The van der Waals surface area contributed by atoms with Crippen LogP contribution in [0, 0.1) is 50.2 Å². The van der Waals surface area contributed by atoms with E-state index in [9.17, 15) is 71.2 Å². The van der Waals surface area contributed by atoms with E-state index in [0.717, 1.165) is 19.3 Å². The van der Waals surface area contributed by atoms with E-state index in [-0.39, 0.29) is 53.8 Å². The van der Waals surface area contributed by atoms with Crippen LogP contribution < -0.4 is 0 Å². The molecule has 418 valence electrons. The van der Waals surface area contributed by atoms with Gasteiger partial charge in [0.1, 0.15) is 73.2 Å². The highest BCUT2D eigenvalue weighted by molar-refractivity contribution is 5.73. The second kappa shape index (κ2) is 19.9. The number of rotatable bonds is 10. The number of hydrogen-bond donors (Lipinski definition) is 13. The topological polar surface area (TPSA) is 354 Å². The molecule has 5 aliphatic carbocycles. The van der Waals surface area contributed by atoms with Gasteiger partial charge in [-0.15, -0.1) is 0 Å². The molecule has 28 atom stereocenters. The lowest BCUT2D eigenvalue weighted by Gasteiger charge is -2.72. The number of allylic oxidation sites excluding steroid dienone is 2. The van der Waals surface area contributed by atoms with Crippen LogP contribution in [0.25, 0.3) is 0 Å². The van der Waals surface area contributed by atoms with Gasteiger partial charge in [-0.1, -0.05) is 60.1 Å². The molecule has 9 rings (SSSR count). The summed E-state index contributed by atoms with van der Waals surface area (Å²) in [6.45, 7) is 13.8. The maximum absolute atomic E-state index is 12.3. The molecule has 4 heterocycles. The van der Waals surface area contributed by atoms with Crippen LogP contribution in [0.1, 0.15) is 99.8 Å². The summed E-state index contributed by atoms with van der Waals surface area (Å²) < 4.78 is 47.8. The van der Waals surface area contributed by atoms with Crippen molar-refractivity contribution in [2.24, 2.45) is 50.2 Å². The second-order valence-electron chi connectivity index (χ2n) is 25.1. The number of aliphatic hydroxyl groups is 12. The zero-order chi connectivity index (χ0) is 53.3. The standard InChI is InChI=1S/C51H82O22/c1-46(2)16-22-21-8-9-27-48(4)12-11-28(69-45-38(32(59)31(58)37(71-45)41(64)65)72-43-34(61)30(57)24(54)18-67-43)49(5,20-52)26(48)10-13-51(27,7)50(21,6)15-14-47(22,3)40(39(46)63)73-44-35(62)36(25(55)19-68-44)70-42-33(60)29(56)23(53)17-66-42/h8,22-40,42-45,52-63H,9-20H2,1-7H3,(H,64,65)/t22?,23-,24+,25-,26?,27?,28?,29-,30-,31+,32-,33-,34-,35-,36-,37+,38-,39+,40-,42+,43+,44+,45-,47-,48+,49-,50?,51-/m1/s1. The summed E-state index contributed by atoms with van der Waals surface area (Å²) in [4.78, 5) is 12.3. The lowest BCUT2D eigenvalue weighted by molar-refractivity contribution is -0.367. The van der Waals surface area contributed by atoms with Gasteiger partial charge in [0.05, 0.1) is 44.7 Å². The molecular formula is C51H82O22. The highest BCUT2D eigenvalue weighted by Crippen LogP contribution is 2.76. The van der Waals surface area contributed by atoms with Gasteiger partial charge >= 0.3 is 5.97 Å². The number of fused-ring (bicyclic) bond motifs is 7. The summed E-state index contributed by atoms with van der Waals surface area (Å²) in [5.74, 6) is -1.62. The molecular weight excluding hydrogens is 965 g/mol. The van der Waals surface area contributed by atoms with E-state index in [0.29, 0.717) is 32.1 Å². The van der Waals surface area contributed by atoms with E-state index in [2.05, 4.69) is 33.8 Å². The molecule has 13 N–H and O–H groups in total. The van der Waals surface area contributed by atoms with Gasteiger partial charge in [0, 0.05) is 10.8 Å². The molecule has 5 unspecified atom stereocenters. The summed E-state index contributed by atoms with van der Waals surface area (Å²) >= 11 is 0. The first kappa shape index (κ1) is 56.1. The molecule has 0 aromatic rings. The second-order valence-corrected chi connectivity index (χ2v) is 25.1. The third-order valence-corrected chi connectivity index (χ3v) is 20.7. The summed E-state index contributed by atoms with van der Waals surface area (Å²) in [7, 11) is 0. The lowest BCUT2D eigenvalue weighted by Crippen LogP contribution is -2.69. The number of ether oxygens (including phenoxy) is 8. The number of carboxylic acid groups (broad SMARTS) is 1. The first-order chi connectivity index (χ1) is 34.1. The van der Waals surface area contributed by atoms with Crippen LogP contribution in [0.3, 0.4) is 0 Å². The van der Waals surface area contributed by atoms with E-state index >= 15 is 0 Å². The Morgan fingerprint density at radius 1 is 0.603 bits per heavy atom. The van der Waals surface area contributed by atoms with Gasteiger partial charge < -0.3 is 104 Å². The van der Waals surface area contributed by atoms with Crippen LogP contribution in [0.15, 0.2) is 11.6 Å². The Hall–Kier alpha value is -1.59. The predicted octanol–water partition coefficient (Wildman–Crippen LogP) is -1.61. The van der Waals surface area contributed by atoms with Crippen molar-refractivity contribution in [3.8, 4) is 0 Å². The molecule has 0 bridgehead atoms. The van der Waals surface area contributed by atoms with Crippen molar-refractivity contribution in [3.63, 3.8) is 0 Å². The normalized spacial score (nSPS) is 56.0. The molecule has 0 aromatic heterocycles. The van der Waals surface area contributed by atoms with Crippen molar-refractivity contribution >= 4 is 5.97 Å². The monoisotopic (exact) mass is 1050 g/mol. The number of aliphatic carboxylic acids is 1. The Morgan fingerprint density at radius 2 is 1.18 bits per heavy atom. The van der Waals surface area contributed by atoms with Crippen LogP contribution >= 0.6 is 0 Å². The Kier molecular flexibility index (Phi) is 15.3. The van der Waals surface area contributed by atoms with Crippen molar-refractivity contribution in [1.29, 1.82) is 0 Å². The number of aliphatic hydroxyl groups excluding tert-OH is 12. The minimum absolute atomic E-state index is 0.0653. The van der Waals surface area contributed by atoms with E-state index in [4.69, 9.17) is 37.9 Å². The Morgan fingerprint density at radius 3 is 1.77 bits per heavy atom. The summed E-state index contributed by atoms with van der Waals surface area (Å²) in [5, 5.41) is 140. The van der Waals surface area contributed by atoms with Gasteiger partial charge in [-0.3, -0.25) is 0 Å². The summed E-state index contributed by atoms with van der Waals surface area (Å²) in [5.41, 5.74) is -1.87. The van der Waals surface area contributed by atoms with Crippen molar-refractivity contribution in [1.82, 2.24) is 0 Å². The number of carbonyl (C=O) groups is 1. The molecule has 9 aliphatic rings. The Labute approximate surface area is 425 Å². The van der Waals surface area contributed by atoms with E-state index < -0.39 is 152 Å². The predicted molar refractivity (Wildman–Crippen MR) is 248 cm³/mol. The number of hydrogen-bond acceptors (Lipinski definition) is 21. The molecule has 0 spiro atoms. The molecule has 0 amide bonds. The fraction of sp³-hybridized carbons (Fsp3) is 0.941. The van der Waals surface area contributed by atoms with E-state index in [1.54, 1.807) is 0 Å². The van der Waals surface area contributed by atoms with Crippen LogP contribution in [-0.2, 0) is 42.7 Å². The third-order valence-electron chi connectivity index (χ3n) is 20.7. The van der Waals surface area contributed by atoms with Gasteiger partial charge in [0.15, 0.2) is 31.3 Å². The Balaban J connectivity index is 0.956. The fourth-order valence-electron chi connectivity index (χ4n) is 15.9. The molecule has 4 saturated carbocycles. The average Bonchev–Trinajstić information content (AvgIpc) is 3.33. The third kappa shape index (κ3) is 8.90. The molecule has 22 heteroatoms. The molecule has 73 heavy (non-hydrogen) atoms. The molecule has 8 fully saturated rings. The maximum Gasteiger partial charge on any atom is 0.335 e. The molecule has 0 radical (unpaired) electrons. The molecule has 4 aliphatic heterocycles. The van der Waals surface area contributed by atoms with E-state index in [1.165, 1.54) is 5.57 Å².